The van der Waals surface area contributed by atoms with E-state index in [1.807, 2.05) is 37.6 Å². The molecule has 0 spiro atoms. The fourth-order valence-corrected chi connectivity index (χ4v) is 5.62. The summed E-state index contributed by atoms with van der Waals surface area (Å²) in [4.78, 5) is 16.1. The van der Waals surface area contributed by atoms with E-state index in [1.165, 1.54) is 0 Å². The summed E-state index contributed by atoms with van der Waals surface area (Å²) in [6.45, 7) is 6.62. The summed E-state index contributed by atoms with van der Waals surface area (Å²) in [6, 6.07) is 3.50. The Balaban J connectivity index is 1.39. The van der Waals surface area contributed by atoms with Gasteiger partial charge >= 0.3 is 0 Å². The molecule has 2 fully saturated rings. The Labute approximate surface area is 224 Å². The molecule has 1 saturated carbocycles. The fourth-order valence-electron chi connectivity index (χ4n) is 5.62. The van der Waals surface area contributed by atoms with Crippen LogP contribution in [0.3, 0.4) is 0 Å². The number of nitrogens with one attached hydrogen (secondary N) is 1. The maximum absolute atomic E-state index is 13.8. The third-order valence-electron chi connectivity index (χ3n) is 7.93. The number of hydrogen-bond donors (Lipinski definition) is 2. The van der Waals surface area contributed by atoms with Crippen LogP contribution >= 0.6 is 0 Å². The van der Waals surface area contributed by atoms with E-state index in [9.17, 15) is 13.9 Å². The van der Waals surface area contributed by atoms with Crippen LogP contribution in [0.4, 0.5) is 26.4 Å². The largest absolute Gasteiger partial charge is 0.496 e. The van der Waals surface area contributed by atoms with Crippen LogP contribution in [0, 0.1) is 20.8 Å². The monoisotopic (exact) mass is 538 g/mol. The Kier molecular flexibility index (Phi) is 6.17. The molecule has 6 rings (SSSR count). The van der Waals surface area contributed by atoms with Gasteiger partial charge in [-0.25, -0.2) is 18.4 Å². The molecule has 1 saturated heterocycles. The van der Waals surface area contributed by atoms with Gasteiger partial charge in [0.15, 0.2) is 11.5 Å². The zero-order valence-electron chi connectivity index (χ0n) is 22.4. The highest BCUT2D eigenvalue weighted by atomic mass is 19.3. The molecular formula is C27H32F2N8O2. The molecule has 12 heteroatoms. The number of aliphatic hydroxyl groups excluding tert-OH is 1. The molecule has 4 heterocycles. The average molecular weight is 539 g/mol. The van der Waals surface area contributed by atoms with Gasteiger partial charge in [0.25, 0.3) is 5.92 Å². The number of benzene rings is 1. The fraction of sp³-hybridized carbons (Fsp3) is 0.481. The van der Waals surface area contributed by atoms with E-state index in [0.29, 0.717) is 23.0 Å². The highest BCUT2D eigenvalue weighted by Crippen LogP contribution is 2.47. The van der Waals surface area contributed by atoms with E-state index < -0.39 is 12.0 Å². The molecule has 3 aromatic heterocycles. The van der Waals surface area contributed by atoms with Crippen molar-refractivity contribution in [3.05, 3.63) is 41.5 Å². The number of fused-ring (bicyclic) bond motifs is 1. The van der Waals surface area contributed by atoms with Crippen LogP contribution in [0.25, 0.3) is 16.7 Å². The molecule has 0 bridgehead atoms. The molecule has 4 aromatic rings. The number of alkyl halides is 2. The summed E-state index contributed by atoms with van der Waals surface area (Å²) >= 11 is 0. The summed E-state index contributed by atoms with van der Waals surface area (Å²) in [5.41, 5.74) is 4.25. The number of aliphatic hydroxyl groups is 1. The number of hydrogen-bond acceptors (Lipinski definition) is 8. The quantitative estimate of drug-likeness (QED) is 0.351. The van der Waals surface area contributed by atoms with E-state index in [-0.39, 0.29) is 31.4 Å². The van der Waals surface area contributed by atoms with Gasteiger partial charge in [0.05, 0.1) is 48.8 Å². The highest BCUT2D eigenvalue weighted by molar-refractivity contribution is 5.91. The first-order valence-corrected chi connectivity index (χ1v) is 13.2. The van der Waals surface area contributed by atoms with E-state index in [2.05, 4.69) is 26.4 Å². The summed E-state index contributed by atoms with van der Waals surface area (Å²) in [5.74, 6) is -0.436. The molecule has 0 unspecified atom stereocenters. The van der Waals surface area contributed by atoms with Gasteiger partial charge in [-0.3, -0.25) is 0 Å². The maximum atomic E-state index is 13.8. The van der Waals surface area contributed by atoms with Crippen LogP contribution in [0.2, 0.25) is 0 Å². The lowest BCUT2D eigenvalue weighted by Crippen LogP contribution is -2.37. The first-order valence-electron chi connectivity index (χ1n) is 13.2. The molecule has 10 nitrogen and oxygen atoms in total. The van der Waals surface area contributed by atoms with Gasteiger partial charge in [-0.15, -0.1) is 0 Å². The number of rotatable bonds is 7. The lowest BCUT2D eigenvalue weighted by Gasteiger charge is -2.35. The van der Waals surface area contributed by atoms with Gasteiger partial charge in [-0.05, 0) is 50.8 Å². The van der Waals surface area contributed by atoms with Crippen molar-refractivity contribution in [3.63, 3.8) is 0 Å². The maximum Gasteiger partial charge on any atom is 0.252 e. The molecule has 1 aromatic carbocycles. The van der Waals surface area contributed by atoms with Crippen LogP contribution < -0.4 is 15.0 Å². The van der Waals surface area contributed by atoms with Crippen LogP contribution in [0.15, 0.2) is 24.7 Å². The Morgan fingerprint density at radius 1 is 1.18 bits per heavy atom. The Morgan fingerprint density at radius 2 is 1.97 bits per heavy atom. The molecule has 2 aliphatic rings. The van der Waals surface area contributed by atoms with Gasteiger partial charge in [0.2, 0.25) is 5.95 Å². The molecule has 39 heavy (non-hydrogen) atoms. The second kappa shape index (κ2) is 9.44. The van der Waals surface area contributed by atoms with E-state index in [1.54, 1.807) is 18.1 Å². The third kappa shape index (κ3) is 4.46. The zero-order chi connectivity index (χ0) is 27.5. The van der Waals surface area contributed by atoms with Gasteiger partial charge in [-0.2, -0.15) is 15.1 Å². The Bertz CT molecular complexity index is 1540. The number of methoxy groups -OCH3 is 1. The second-order valence-corrected chi connectivity index (χ2v) is 10.6. The Morgan fingerprint density at radius 3 is 2.69 bits per heavy atom. The average Bonchev–Trinajstić information content (AvgIpc) is 3.63. The summed E-state index contributed by atoms with van der Waals surface area (Å²) in [6.07, 6.45) is 4.76. The van der Waals surface area contributed by atoms with Gasteiger partial charge in [-0.1, -0.05) is 0 Å². The van der Waals surface area contributed by atoms with Crippen molar-refractivity contribution in [1.29, 1.82) is 0 Å². The minimum Gasteiger partial charge on any atom is -0.496 e. The van der Waals surface area contributed by atoms with Crippen molar-refractivity contribution < 1.29 is 18.6 Å². The molecule has 1 aliphatic heterocycles. The van der Waals surface area contributed by atoms with Crippen molar-refractivity contribution in [2.24, 2.45) is 0 Å². The first kappa shape index (κ1) is 25.5. The molecule has 0 radical (unpaired) electrons. The van der Waals surface area contributed by atoms with Gasteiger partial charge < -0.3 is 24.6 Å². The minimum absolute atomic E-state index is 0.000125. The molecule has 1 atom stereocenters. The number of anilines is 3. The van der Waals surface area contributed by atoms with Crippen molar-refractivity contribution in [2.45, 2.75) is 64.5 Å². The Hall–Kier alpha value is -3.80. The van der Waals surface area contributed by atoms with Crippen molar-refractivity contribution in [2.75, 3.05) is 30.5 Å². The first-order chi connectivity index (χ1) is 18.7. The van der Waals surface area contributed by atoms with Crippen LogP contribution in [0.5, 0.6) is 5.75 Å². The highest BCUT2D eigenvalue weighted by Gasteiger charge is 2.47. The molecular weight excluding hydrogens is 506 g/mol. The van der Waals surface area contributed by atoms with Gasteiger partial charge in [0, 0.05) is 25.5 Å². The number of aryl methyl sites for hydroxylation is 2. The standard InChI is InChI=1S/C27H32F2N8O2/c1-15-8-19(9-21(39-4)16(15)2)35-12-22(30-14-35)31-26-32-24(36-7-5-6-18(36)13-38)23-17(3)34-37(25(23)33-26)20-10-27(28,29)11-20/h8-9,12,14,18,20,38H,5-7,10-11,13H2,1-4H3,(H,31,32,33)/t18-/m0/s1. The van der Waals surface area contributed by atoms with E-state index in [0.717, 1.165) is 47.3 Å². The lowest BCUT2D eigenvalue weighted by atomic mass is 9.88. The number of nitrogens with zero attached hydrogens (tertiary/aromatic N) is 7. The third-order valence-corrected chi connectivity index (χ3v) is 7.93. The van der Waals surface area contributed by atoms with Crippen LogP contribution in [-0.2, 0) is 0 Å². The van der Waals surface area contributed by atoms with E-state index in [4.69, 9.17) is 14.7 Å². The summed E-state index contributed by atoms with van der Waals surface area (Å²) in [5, 5.41) is 18.5. The number of ether oxygens (including phenoxy) is 1. The van der Waals surface area contributed by atoms with Crippen LogP contribution in [0.1, 0.15) is 48.5 Å². The van der Waals surface area contributed by atoms with Crippen molar-refractivity contribution >= 4 is 28.6 Å². The van der Waals surface area contributed by atoms with Gasteiger partial charge in [0.1, 0.15) is 17.9 Å². The summed E-state index contributed by atoms with van der Waals surface area (Å²) < 4.78 is 36.5. The number of imidazole rings is 1. The van der Waals surface area contributed by atoms with Crippen molar-refractivity contribution in [1.82, 2.24) is 29.3 Å². The molecule has 0 amide bonds. The topological polar surface area (TPSA) is 106 Å². The summed E-state index contributed by atoms with van der Waals surface area (Å²) in [7, 11) is 1.65. The smallest absolute Gasteiger partial charge is 0.252 e. The van der Waals surface area contributed by atoms with Crippen LogP contribution in [-0.4, -0.2) is 66.6 Å². The normalized spacial score (nSPS) is 19.1. The predicted molar refractivity (Wildman–Crippen MR) is 144 cm³/mol. The molecule has 2 N–H and O–H groups in total. The number of aromatic nitrogens is 6. The second-order valence-electron chi connectivity index (χ2n) is 10.6. The lowest BCUT2D eigenvalue weighted by molar-refractivity contribution is -0.106. The zero-order valence-corrected chi connectivity index (χ0v) is 22.4. The van der Waals surface area contributed by atoms with E-state index >= 15 is 0 Å². The minimum atomic E-state index is -2.69. The SMILES string of the molecule is COc1cc(-n2cnc(Nc3nc(N4CCC[C@H]4CO)c4c(C)nn(C5CC(F)(F)C5)c4n3)c2)cc(C)c1C. The number of halogens is 2. The molecule has 1 aliphatic carbocycles. The molecule has 206 valence electrons. The van der Waals surface area contributed by atoms with Crippen molar-refractivity contribution in [3.8, 4) is 11.4 Å². The predicted octanol–water partition coefficient (Wildman–Crippen LogP) is 4.62.